The second kappa shape index (κ2) is 3.85. The summed E-state index contributed by atoms with van der Waals surface area (Å²) in [6.07, 6.45) is 4.06. The maximum atomic E-state index is 4.54. The van der Waals surface area contributed by atoms with Gasteiger partial charge in [0.1, 0.15) is 0 Å². The van der Waals surface area contributed by atoms with Gasteiger partial charge in [0.15, 0.2) is 0 Å². The van der Waals surface area contributed by atoms with Crippen LogP contribution in [-0.4, -0.2) is 0 Å². The van der Waals surface area contributed by atoms with Crippen LogP contribution in [0.1, 0.15) is 18.1 Å². The first-order chi connectivity index (χ1) is 7.83. The van der Waals surface area contributed by atoms with Gasteiger partial charge >= 0.3 is 107 Å². The summed E-state index contributed by atoms with van der Waals surface area (Å²) in [7, 11) is 0. The van der Waals surface area contributed by atoms with Crippen LogP contribution in [0.25, 0.3) is 6.08 Å². The molecule has 2 aliphatic rings. The summed E-state index contributed by atoms with van der Waals surface area (Å²) in [5, 5.41) is 2.05. The van der Waals surface area contributed by atoms with Crippen LogP contribution < -0.4 is 32.5 Å². The first-order valence-corrected chi connectivity index (χ1v) is 7.46. The van der Waals surface area contributed by atoms with Gasteiger partial charge in [-0.25, -0.2) is 0 Å². The van der Waals surface area contributed by atoms with Crippen LogP contribution in [-0.2, 0) is 11.4 Å². The molecule has 0 spiro atoms. The fourth-order valence-corrected chi connectivity index (χ4v) is 3.98. The van der Waals surface area contributed by atoms with Gasteiger partial charge in [-0.05, 0) is 0 Å². The topological polar surface area (TPSA) is 49.4 Å². The molecule has 3 rings (SSSR count). The molecule has 0 N–H and O–H groups in total. The van der Waals surface area contributed by atoms with Crippen molar-refractivity contribution in [2.75, 3.05) is 0 Å². The number of allylic oxidation sites excluding steroid dienone is 1. The second-order valence-electron chi connectivity index (χ2n) is 3.44. The zero-order valence-electron chi connectivity index (χ0n) is 8.73. The monoisotopic (exact) mass is 343 g/mol. The molecule has 0 fully saturated rings. The molecule has 0 saturated heterocycles. The van der Waals surface area contributed by atoms with Gasteiger partial charge in [0.25, 0.3) is 0 Å². The van der Waals surface area contributed by atoms with E-state index in [9.17, 15) is 0 Å². The molecule has 0 radical (unpaired) electrons. The summed E-state index contributed by atoms with van der Waals surface area (Å²) < 4.78 is 17.8. The fourth-order valence-electron chi connectivity index (χ4n) is 1.75. The van der Waals surface area contributed by atoms with Crippen molar-refractivity contribution >= 4 is 28.8 Å². The van der Waals surface area contributed by atoms with E-state index in [1.54, 1.807) is 0 Å². The number of hydrogen-bond donors (Lipinski definition) is 0. The molecule has 1 aromatic carbocycles. The molecule has 82 valence electrons. The first-order valence-electron chi connectivity index (χ1n) is 4.80. The summed E-state index contributed by atoms with van der Waals surface area (Å²) in [5.41, 5.74) is 4.13. The van der Waals surface area contributed by atoms with Gasteiger partial charge in [-0.3, -0.25) is 0 Å². The molecule has 0 atom stereocenters. The molecule has 1 aromatic rings. The minimum atomic E-state index is -0.413. The Morgan fingerprint density at radius 3 is 2.69 bits per heavy atom. The van der Waals surface area contributed by atoms with Crippen molar-refractivity contribution in [3.8, 4) is 0 Å². The molecule has 0 aliphatic carbocycles. The van der Waals surface area contributed by atoms with Gasteiger partial charge in [-0.1, -0.05) is 0 Å². The van der Waals surface area contributed by atoms with Crippen LogP contribution in [0.4, 0.5) is 11.4 Å². The van der Waals surface area contributed by atoms with Crippen molar-refractivity contribution in [2.45, 2.75) is 13.8 Å². The van der Waals surface area contributed by atoms with Gasteiger partial charge in [0.2, 0.25) is 0 Å². The molecular formula is C10H8IN4S-. The van der Waals surface area contributed by atoms with E-state index in [1.807, 2.05) is 13.0 Å². The molecular weight excluding hydrogens is 335 g/mol. The summed E-state index contributed by atoms with van der Waals surface area (Å²) in [5.74, 6) is 0. The molecule has 16 heavy (non-hydrogen) atoms. The number of nitrogens with zero attached hydrogens (tertiary/aromatic N) is 4. The number of rotatable bonds is 1. The Morgan fingerprint density at radius 2 is 1.88 bits per heavy atom. The summed E-state index contributed by atoms with van der Waals surface area (Å²) in [4.78, 5) is 0. The Hall–Kier alpha value is -0.890. The first kappa shape index (κ1) is 10.3. The van der Waals surface area contributed by atoms with Crippen LogP contribution in [0, 0.1) is 6.92 Å². The number of benzene rings is 1. The second-order valence-corrected chi connectivity index (χ2v) is 5.37. The van der Waals surface area contributed by atoms with Gasteiger partial charge < -0.3 is 0 Å². The molecule has 0 saturated carbocycles. The van der Waals surface area contributed by atoms with Crippen LogP contribution in [0.5, 0.6) is 0 Å². The van der Waals surface area contributed by atoms with E-state index in [-0.39, 0.29) is 0 Å². The van der Waals surface area contributed by atoms with Crippen molar-refractivity contribution in [3.05, 3.63) is 27.9 Å². The third-order valence-corrected chi connectivity index (χ3v) is 4.44. The van der Waals surface area contributed by atoms with Crippen LogP contribution in [0.2, 0.25) is 0 Å². The van der Waals surface area contributed by atoms with Gasteiger partial charge in [-0.15, -0.1) is 0 Å². The quantitative estimate of drug-likeness (QED) is 0.592. The van der Waals surface area contributed by atoms with Crippen molar-refractivity contribution in [1.82, 2.24) is 0 Å². The van der Waals surface area contributed by atoms with E-state index in [2.05, 4.69) is 28.1 Å². The van der Waals surface area contributed by atoms with Crippen molar-refractivity contribution < 1.29 is 21.8 Å². The molecule has 0 bridgehead atoms. The average Bonchev–Trinajstić information content (AvgIpc) is 2.92. The van der Waals surface area contributed by atoms with Crippen molar-refractivity contribution in [1.29, 1.82) is 0 Å². The minimum absolute atomic E-state index is 0.413. The zero-order chi connectivity index (χ0) is 11.1. The van der Waals surface area contributed by atoms with Crippen LogP contribution in [0.3, 0.4) is 0 Å². The molecule has 6 heteroatoms. The third-order valence-electron chi connectivity index (χ3n) is 2.51. The Balaban J connectivity index is 2.53. The van der Waals surface area contributed by atoms with Crippen molar-refractivity contribution in [3.63, 3.8) is 0 Å². The third kappa shape index (κ3) is 1.32. The van der Waals surface area contributed by atoms with Gasteiger partial charge in [-0.2, -0.15) is 0 Å². The van der Waals surface area contributed by atoms with Gasteiger partial charge in [0.05, 0.1) is 0 Å². The predicted molar refractivity (Wildman–Crippen MR) is 59.7 cm³/mol. The Kier molecular flexibility index (Phi) is 2.47. The molecule has 4 nitrogen and oxygen atoms in total. The SMILES string of the molecule is C/C=C/c1c2c(c(C)c3c1=N[I-]N=3)N=S=N2. The van der Waals surface area contributed by atoms with Crippen LogP contribution in [0.15, 0.2) is 21.2 Å². The van der Waals surface area contributed by atoms with E-state index in [4.69, 9.17) is 0 Å². The summed E-state index contributed by atoms with van der Waals surface area (Å²) >= 11 is 0.838. The number of hydrogen-bond acceptors (Lipinski definition) is 4. The maximum absolute atomic E-state index is 4.54. The molecule has 2 heterocycles. The normalized spacial score (nSPS) is 16.1. The van der Waals surface area contributed by atoms with E-state index >= 15 is 0 Å². The van der Waals surface area contributed by atoms with E-state index < -0.39 is 21.8 Å². The summed E-state index contributed by atoms with van der Waals surface area (Å²) in [6.45, 7) is 4.05. The predicted octanol–water partition coefficient (Wildman–Crippen LogP) is -1.07. The summed E-state index contributed by atoms with van der Waals surface area (Å²) in [6, 6.07) is 0. The zero-order valence-corrected chi connectivity index (χ0v) is 11.7. The number of halogens is 1. The average molecular weight is 343 g/mol. The fraction of sp³-hybridized carbons (Fsp3) is 0.200. The van der Waals surface area contributed by atoms with Gasteiger partial charge in [0, 0.05) is 0 Å². The Morgan fingerprint density at radius 1 is 1.12 bits per heavy atom. The molecule has 2 aliphatic heterocycles. The molecule has 0 unspecified atom stereocenters. The van der Waals surface area contributed by atoms with E-state index in [0.717, 1.165) is 33.2 Å². The Labute approximate surface area is 107 Å². The molecule has 0 aromatic heterocycles. The number of fused-ring (bicyclic) bond motifs is 2. The van der Waals surface area contributed by atoms with E-state index in [0.29, 0.717) is 0 Å². The molecule has 0 amide bonds. The van der Waals surface area contributed by atoms with Crippen molar-refractivity contribution in [2.24, 2.45) is 15.1 Å². The van der Waals surface area contributed by atoms with E-state index in [1.165, 1.54) is 11.4 Å². The van der Waals surface area contributed by atoms with Crippen LogP contribution >= 0.6 is 0 Å². The standard InChI is InChI=1S/C10H8IN4S/c1-3-4-6-9-7(12-11-13-9)5(2)8-10(6)15-16-14-8/h3-4H,1-2H3/q-1/b4-3+. The Bertz CT molecular complexity index is 699.